The predicted octanol–water partition coefficient (Wildman–Crippen LogP) is 3.90. The molecule has 0 aromatic carbocycles. The van der Waals surface area contributed by atoms with Crippen molar-refractivity contribution in [2.24, 2.45) is 0 Å². The summed E-state index contributed by atoms with van der Waals surface area (Å²) in [4.78, 5) is 3.77. The maximum absolute atomic E-state index is 12.2. The molecule has 90 valence electrons. The molecule has 1 aromatic heterocycles. The number of halogens is 3. The fourth-order valence-corrected chi connectivity index (χ4v) is 2.10. The lowest BCUT2D eigenvalue weighted by Gasteiger charge is -2.06. The number of thioether (sulfide) groups is 1. The minimum absolute atomic E-state index is 0.632. The zero-order valence-corrected chi connectivity index (χ0v) is 10.2. The van der Waals surface area contributed by atoms with Crippen molar-refractivity contribution in [3.63, 3.8) is 0 Å². The Morgan fingerprint density at radius 1 is 1.25 bits per heavy atom. The molecule has 0 bridgehead atoms. The summed E-state index contributed by atoms with van der Waals surface area (Å²) in [6.45, 7) is 0. The fourth-order valence-electron chi connectivity index (χ4n) is 1.02. The van der Waals surface area contributed by atoms with Crippen molar-refractivity contribution >= 4 is 24.4 Å². The molecule has 1 rings (SSSR count). The maximum atomic E-state index is 12.2. The number of hydrogen-bond acceptors (Lipinski definition) is 3. The van der Waals surface area contributed by atoms with Crippen molar-refractivity contribution in [1.82, 2.24) is 4.98 Å². The van der Waals surface area contributed by atoms with Gasteiger partial charge < -0.3 is 0 Å². The second-order valence-corrected chi connectivity index (χ2v) is 4.72. The van der Waals surface area contributed by atoms with Gasteiger partial charge in [0.05, 0.1) is 10.6 Å². The summed E-state index contributed by atoms with van der Waals surface area (Å²) in [5.41, 5.74) is -0.702. The Labute approximate surface area is 102 Å². The SMILES string of the molecule is FC(F)(F)c1ccc(SCCCCS)nc1. The minimum atomic E-state index is -4.30. The van der Waals surface area contributed by atoms with Crippen LogP contribution in [-0.2, 0) is 6.18 Å². The van der Waals surface area contributed by atoms with Crippen LogP contribution in [0.5, 0.6) is 0 Å². The van der Waals surface area contributed by atoms with Crippen LogP contribution in [0.3, 0.4) is 0 Å². The van der Waals surface area contributed by atoms with Gasteiger partial charge in [0.1, 0.15) is 0 Å². The monoisotopic (exact) mass is 267 g/mol. The Hall–Kier alpha value is -0.360. The van der Waals surface area contributed by atoms with E-state index in [4.69, 9.17) is 0 Å². The van der Waals surface area contributed by atoms with Gasteiger partial charge in [0, 0.05) is 6.20 Å². The van der Waals surface area contributed by atoms with Gasteiger partial charge in [-0.15, -0.1) is 11.8 Å². The summed E-state index contributed by atoms with van der Waals surface area (Å²) in [5.74, 6) is 1.69. The van der Waals surface area contributed by atoms with Crippen molar-refractivity contribution in [1.29, 1.82) is 0 Å². The molecular formula is C10H12F3NS2. The molecule has 16 heavy (non-hydrogen) atoms. The number of nitrogens with zero attached hydrogens (tertiary/aromatic N) is 1. The lowest BCUT2D eigenvalue weighted by atomic mass is 10.3. The third-order valence-electron chi connectivity index (χ3n) is 1.87. The highest BCUT2D eigenvalue weighted by molar-refractivity contribution is 7.99. The van der Waals surface area contributed by atoms with E-state index < -0.39 is 11.7 Å². The van der Waals surface area contributed by atoms with Crippen LogP contribution in [0, 0.1) is 0 Å². The number of pyridine rings is 1. The lowest BCUT2D eigenvalue weighted by Crippen LogP contribution is -2.05. The quantitative estimate of drug-likeness (QED) is 0.493. The number of thiol groups is 1. The van der Waals surface area contributed by atoms with Crippen molar-refractivity contribution in [3.8, 4) is 0 Å². The first-order valence-corrected chi connectivity index (χ1v) is 6.43. The van der Waals surface area contributed by atoms with Crippen molar-refractivity contribution in [2.45, 2.75) is 24.0 Å². The Morgan fingerprint density at radius 3 is 2.50 bits per heavy atom. The summed E-state index contributed by atoms with van der Waals surface area (Å²) >= 11 is 5.54. The molecule has 1 aromatic rings. The zero-order valence-electron chi connectivity index (χ0n) is 8.50. The summed E-state index contributed by atoms with van der Waals surface area (Å²) < 4.78 is 36.7. The Balaban J connectivity index is 2.46. The van der Waals surface area contributed by atoms with Crippen LogP contribution in [0.15, 0.2) is 23.4 Å². The van der Waals surface area contributed by atoms with Crippen LogP contribution < -0.4 is 0 Å². The normalized spacial score (nSPS) is 11.8. The number of alkyl halides is 3. The Bertz CT molecular complexity index is 311. The van der Waals surface area contributed by atoms with Gasteiger partial charge in [-0.3, -0.25) is 0 Å². The fraction of sp³-hybridized carbons (Fsp3) is 0.500. The second kappa shape index (κ2) is 6.39. The van der Waals surface area contributed by atoms with E-state index in [1.807, 2.05) is 0 Å². The molecule has 1 nitrogen and oxygen atoms in total. The van der Waals surface area contributed by atoms with E-state index in [-0.39, 0.29) is 0 Å². The second-order valence-electron chi connectivity index (χ2n) is 3.16. The first-order chi connectivity index (χ1) is 7.54. The molecule has 0 aliphatic heterocycles. The molecule has 1 heterocycles. The van der Waals surface area contributed by atoms with Crippen molar-refractivity contribution in [3.05, 3.63) is 23.9 Å². The van der Waals surface area contributed by atoms with Crippen molar-refractivity contribution < 1.29 is 13.2 Å². The van der Waals surface area contributed by atoms with Gasteiger partial charge in [-0.25, -0.2) is 4.98 Å². The Morgan fingerprint density at radius 2 is 2.00 bits per heavy atom. The third kappa shape index (κ3) is 4.65. The lowest BCUT2D eigenvalue weighted by molar-refractivity contribution is -0.137. The van der Waals surface area contributed by atoms with E-state index in [0.29, 0.717) is 5.03 Å². The molecule has 6 heteroatoms. The number of aromatic nitrogens is 1. The van der Waals surface area contributed by atoms with Crippen molar-refractivity contribution in [2.75, 3.05) is 11.5 Å². The summed E-state index contributed by atoms with van der Waals surface area (Å²) in [7, 11) is 0. The van der Waals surface area contributed by atoms with Gasteiger partial charge in [-0.1, -0.05) is 0 Å². The summed E-state index contributed by atoms with van der Waals surface area (Å²) in [6, 6.07) is 2.47. The molecule has 0 aliphatic rings. The topological polar surface area (TPSA) is 12.9 Å². The van der Waals surface area contributed by atoms with Gasteiger partial charge in [-0.05, 0) is 36.5 Å². The molecule has 0 saturated heterocycles. The average Bonchev–Trinajstić information content (AvgIpc) is 2.24. The van der Waals surface area contributed by atoms with Crippen LogP contribution in [-0.4, -0.2) is 16.5 Å². The predicted molar refractivity (Wildman–Crippen MR) is 63.1 cm³/mol. The van der Waals surface area contributed by atoms with Gasteiger partial charge in [0.2, 0.25) is 0 Å². The number of rotatable bonds is 5. The molecule has 0 aliphatic carbocycles. The van der Waals surface area contributed by atoms with Gasteiger partial charge in [-0.2, -0.15) is 25.8 Å². The molecule has 0 amide bonds. The minimum Gasteiger partial charge on any atom is -0.249 e. The molecule has 0 fully saturated rings. The van der Waals surface area contributed by atoms with Crippen LogP contribution in [0.2, 0.25) is 0 Å². The molecule has 0 radical (unpaired) electrons. The van der Waals surface area contributed by atoms with E-state index in [1.165, 1.54) is 17.8 Å². The number of hydrogen-bond donors (Lipinski definition) is 1. The van der Waals surface area contributed by atoms with Crippen LogP contribution >= 0.6 is 24.4 Å². The molecule has 0 atom stereocenters. The molecule has 0 N–H and O–H groups in total. The van der Waals surface area contributed by atoms with E-state index in [1.54, 1.807) is 0 Å². The summed E-state index contributed by atoms with van der Waals surface area (Å²) in [6.07, 6.45) is -1.42. The highest BCUT2D eigenvalue weighted by Crippen LogP contribution is 2.29. The number of unbranched alkanes of at least 4 members (excludes halogenated alkanes) is 1. The highest BCUT2D eigenvalue weighted by atomic mass is 32.2. The van der Waals surface area contributed by atoms with Crippen LogP contribution in [0.25, 0.3) is 0 Å². The maximum Gasteiger partial charge on any atom is 0.417 e. The molecule has 0 spiro atoms. The van der Waals surface area contributed by atoms with Crippen LogP contribution in [0.1, 0.15) is 18.4 Å². The van der Waals surface area contributed by atoms with E-state index in [2.05, 4.69) is 17.6 Å². The van der Waals surface area contributed by atoms with E-state index in [0.717, 1.165) is 36.6 Å². The van der Waals surface area contributed by atoms with Gasteiger partial charge >= 0.3 is 6.18 Å². The van der Waals surface area contributed by atoms with Gasteiger partial charge in [0.25, 0.3) is 0 Å². The third-order valence-corrected chi connectivity index (χ3v) is 3.21. The molecule has 0 unspecified atom stereocenters. The first-order valence-electron chi connectivity index (χ1n) is 4.81. The van der Waals surface area contributed by atoms with E-state index in [9.17, 15) is 13.2 Å². The molecular weight excluding hydrogens is 255 g/mol. The van der Waals surface area contributed by atoms with E-state index >= 15 is 0 Å². The largest absolute Gasteiger partial charge is 0.417 e. The average molecular weight is 267 g/mol. The van der Waals surface area contributed by atoms with Crippen LogP contribution in [0.4, 0.5) is 13.2 Å². The smallest absolute Gasteiger partial charge is 0.249 e. The highest BCUT2D eigenvalue weighted by Gasteiger charge is 2.30. The van der Waals surface area contributed by atoms with Gasteiger partial charge in [0.15, 0.2) is 0 Å². The molecule has 0 saturated carbocycles. The first kappa shape index (κ1) is 13.7. The Kier molecular flexibility index (Phi) is 5.48. The zero-order chi connectivity index (χ0) is 12.0. The summed E-state index contributed by atoms with van der Waals surface area (Å²) in [5, 5.41) is 0.632. The standard InChI is InChI=1S/C10H12F3NS2/c11-10(12,13)8-3-4-9(14-7-8)16-6-2-1-5-15/h3-4,7,15H,1-2,5-6H2.